The lowest BCUT2D eigenvalue weighted by molar-refractivity contribution is -0.153. The van der Waals surface area contributed by atoms with E-state index in [0.717, 1.165) is 5.56 Å². The van der Waals surface area contributed by atoms with Crippen LogP contribution in [0.2, 0.25) is 0 Å². The number of hydrogen-bond acceptors (Lipinski definition) is 3. The summed E-state index contributed by atoms with van der Waals surface area (Å²) in [5, 5.41) is 9.56. The number of carbonyl (C=O) groups is 1. The molecule has 0 aliphatic carbocycles. The van der Waals surface area contributed by atoms with Crippen LogP contribution in [0.4, 0.5) is 0 Å². The van der Waals surface area contributed by atoms with Crippen molar-refractivity contribution in [1.82, 2.24) is 4.90 Å². The largest absolute Gasteiger partial charge is 0.480 e. The summed E-state index contributed by atoms with van der Waals surface area (Å²) in [6.07, 6.45) is 0.517. The molecular weight excluding hydrogens is 230 g/mol. The zero-order chi connectivity index (χ0) is 13.0. The van der Waals surface area contributed by atoms with E-state index < -0.39 is 11.5 Å². The van der Waals surface area contributed by atoms with E-state index >= 15 is 0 Å². The van der Waals surface area contributed by atoms with Gasteiger partial charge in [0.1, 0.15) is 5.54 Å². The summed E-state index contributed by atoms with van der Waals surface area (Å²) in [6, 6.07) is 9.77. The van der Waals surface area contributed by atoms with E-state index in [-0.39, 0.29) is 0 Å². The minimum Gasteiger partial charge on any atom is -0.480 e. The van der Waals surface area contributed by atoms with Gasteiger partial charge in [0.25, 0.3) is 0 Å². The van der Waals surface area contributed by atoms with Crippen molar-refractivity contribution in [3.05, 3.63) is 35.9 Å². The quantitative estimate of drug-likeness (QED) is 0.876. The molecule has 0 bridgehead atoms. The first kappa shape index (κ1) is 13.1. The monoisotopic (exact) mass is 249 g/mol. The number of rotatable bonds is 4. The van der Waals surface area contributed by atoms with Crippen molar-refractivity contribution in [2.75, 3.05) is 26.3 Å². The van der Waals surface area contributed by atoms with Gasteiger partial charge < -0.3 is 9.84 Å². The third-order valence-electron chi connectivity index (χ3n) is 3.56. The lowest BCUT2D eigenvalue weighted by Crippen LogP contribution is -2.57. The van der Waals surface area contributed by atoms with Crippen molar-refractivity contribution in [1.29, 1.82) is 0 Å². The Morgan fingerprint density at radius 3 is 2.50 bits per heavy atom. The first-order valence-electron chi connectivity index (χ1n) is 6.23. The standard InChI is InChI=1S/C14H19NO3/c1-14(13(16)17,15-7-9-18-10-8-15)11-12-5-3-2-4-6-12/h2-6H,7-11H2,1H3,(H,16,17). The summed E-state index contributed by atoms with van der Waals surface area (Å²) >= 11 is 0. The lowest BCUT2D eigenvalue weighted by Gasteiger charge is -2.40. The van der Waals surface area contributed by atoms with Gasteiger partial charge >= 0.3 is 5.97 Å². The fourth-order valence-electron chi connectivity index (χ4n) is 2.37. The molecule has 4 nitrogen and oxygen atoms in total. The van der Waals surface area contributed by atoms with Crippen molar-refractivity contribution in [2.45, 2.75) is 18.9 Å². The van der Waals surface area contributed by atoms with E-state index in [9.17, 15) is 9.90 Å². The maximum atomic E-state index is 11.6. The third kappa shape index (κ3) is 2.71. The fourth-order valence-corrected chi connectivity index (χ4v) is 2.37. The number of aliphatic carboxylic acids is 1. The zero-order valence-corrected chi connectivity index (χ0v) is 10.6. The number of ether oxygens (including phenoxy) is 1. The number of carboxylic acid groups (broad SMARTS) is 1. The van der Waals surface area contributed by atoms with Gasteiger partial charge in [-0.15, -0.1) is 0 Å². The van der Waals surface area contributed by atoms with Crippen LogP contribution in [0, 0.1) is 0 Å². The predicted molar refractivity (Wildman–Crippen MR) is 68.6 cm³/mol. The van der Waals surface area contributed by atoms with Gasteiger partial charge in [-0.05, 0) is 12.5 Å². The van der Waals surface area contributed by atoms with Gasteiger partial charge in [-0.3, -0.25) is 9.69 Å². The van der Waals surface area contributed by atoms with E-state index in [1.54, 1.807) is 6.92 Å². The van der Waals surface area contributed by atoms with Crippen LogP contribution in [0.3, 0.4) is 0 Å². The maximum Gasteiger partial charge on any atom is 0.324 e. The summed E-state index contributed by atoms with van der Waals surface area (Å²) in [5.41, 5.74) is 0.194. The average Bonchev–Trinajstić information content (AvgIpc) is 2.40. The summed E-state index contributed by atoms with van der Waals surface area (Å²) in [5.74, 6) is -0.770. The summed E-state index contributed by atoms with van der Waals surface area (Å²) in [7, 11) is 0. The number of nitrogens with zero attached hydrogens (tertiary/aromatic N) is 1. The van der Waals surface area contributed by atoms with Crippen LogP contribution >= 0.6 is 0 Å². The molecule has 0 aromatic heterocycles. The van der Waals surface area contributed by atoms with Gasteiger partial charge in [0.05, 0.1) is 13.2 Å². The van der Waals surface area contributed by atoms with Gasteiger partial charge in [0, 0.05) is 19.5 Å². The SMILES string of the molecule is CC(Cc1ccccc1)(C(=O)O)N1CCOCC1. The van der Waals surface area contributed by atoms with Crippen LogP contribution in [-0.2, 0) is 16.0 Å². The topological polar surface area (TPSA) is 49.8 Å². The first-order valence-corrected chi connectivity index (χ1v) is 6.23. The van der Waals surface area contributed by atoms with Gasteiger partial charge in [-0.1, -0.05) is 30.3 Å². The second-order valence-corrected chi connectivity index (χ2v) is 4.84. The van der Waals surface area contributed by atoms with Crippen molar-refractivity contribution in [2.24, 2.45) is 0 Å². The highest BCUT2D eigenvalue weighted by atomic mass is 16.5. The summed E-state index contributed by atoms with van der Waals surface area (Å²) in [6.45, 7) is 4.37. The minimum atomic E-state index is -0.856. The Labute approximate surface area is 107 Å². The summed E-state index contributed by atoms with van der Waals surface area (Å²) in [4.78, 5) is 13.6. The molecule has 98 valence electrons. The van der Waals surface area contributed by atoms with E-state index in [0.29, 0.717) is 32.7 Å². The second kappa shape index (κ2) is 5.50. The molecule has 2 rings (SSSR count). The molecule has 4 heteroatoms. The molecule has 1 aromatic carbocycles. The zero-order valence-electron chi connectivity index (χ0n) is 10.6. The molecule has 1 N–H and O–H groups in total. The number of benzene rings is 1. The molecule has 1 aliphatic rings. The Hall–Kier alpha value is -1.39. The highest BCUT2D eigenvalue weighted by Crippen LogP contribution is 2.22. The van der Waals surface area contributed by atoms with Crippen LogP contribution in [-0.4, -0.2) is 47.8 Å². The number of hydrogen-bond donors (Lipinski definition) is 1. The number of carboxylic acids is 1. The molecular formula is C14H19NO3. The second-order valence-electron chi connectivity index (χ2n) is 4.84. The molecule has 0 spiro atoms. The Morgan fingerprint density at radius 2 is 1.94 bits per heavy atom. The molecule has 0 amide bonds. The van der Waals surface area contributed by atoms with Gasteiger partial charge in [-0.2, -0.15) is 0 Å². The molecule has 18 heavy (non-hydrogen) atoms. The van der Waals surface area contributed by atoms with Crippen LogP contribution in [0.25, 0.3) is 0 Å². The predicted octanol–water partition coefficient (Wildman–Crippen LogP) is 1.40. The minimum absolute atomic E-state index is 0.517. The van der Waals surface area contributed by atoms with Gasteiger partial charge in [-0.25, -0.2) is 0 Å². The number of morpholine rings is 1. The Bertz CT molecular complexity index is 401. The first-order chi connectivity index (χ1) is 8.63. The summed E-state index contributed by atoms with van der Waals surface area (Å²) < 4.78 is 5.29. The van der Waals surface area contributed by atoms with Crippen LogP contribution in [0.5, 0.6) is 0 Å². The van der Waals surface area contributed by atoms with Crippen LogP contribution in [0.1, 0.15) is 12.5 Å². The molecule has 1 aromatic rings. The molecule has 1 heterocycles. The molecule has 1 saturated heterocycles. The average molecular weight is 249 g/mol. The normalized spacial score (nSPS) is 20.3. The van der Waals surface area contributed by atoms with Gasteiger partial charge in [0.15, 0.2) is 0 Å². The molecule has 0 radical (unpaired) electrons. The molecule has 1 atom stereocenters. The van der Waals surface area contributed by atoms with E-state index in [1.807, 2.05) is 35.2 Å². The van der Waals surface area contributed by atoms with Crippen LogP contribution < -0.4 is 0 Å². The smallest absolute Gasteiger partial charge is 0.324 e. The highest BCUT2D eigenvalue weighted by molar-refractivity contribution is 5.78. The van der Waals surface area contributed by atoms with Gasteiger partial charge in [0.2, 0.25) is 0 Å². The Kier molecular flexibility index (Phi) is 3.99. The molecule has 1 aliphatic heterocycles. The lowest BCUT2D eigenvalue weighted by atomic mass is 9.90. The third-order valence-corrected chi connectivity index (χ3v) is 3.56. The fraction of sp³-hybridized carbons (Fsp3) is 0.500. The van der Waals surface area contributed by atoms with Crippen molar-refractivity contribution in [3.63, 3.8) is 0 Å². The van der Waals surface area contributed by atoms with Crippen molar-refractivity contribution < 1.29 is 14.6 Å². The van der Waals surface area contributed by atoms with Crippen LogP contribution in [0.15, 0.2) is 30.3 Å². The van der Waals surface area contributed by atoms with Crippen molar-refractivity contribution >= 4 is 5.97 Å². The van der Waals surface area contributed by atoms with E-state index in [4.69, 9.17) is 4.74 Å². The highest BCUT2D eigenvalue weighted by Gasteiger charge is 2.40. The molecule has 1 fully saturated rings. The molecule has 0 saturated carbocycles. The Balaban J connectivity index is 2.18. The maximum absolute atomic E-state index is 11.6. The molecule has 1 unspecified atom stereocenters. The van der Waals surface area contributed by atoms with Crippen molar-refractivity contribution in [3.8, 4) is 0 Å². The Morgan fingerprint density at radius 1 is 1.33 bits per heavy atom. The van der Waals surface area contributed by atoms with E-state index in [2.05, 4.69) is 0 Å². The van der Waals surface area contributed by atoms with E-state index in [1.165, 1.54) is 0 Å².